The van der Waals surface area contributed by atoms with E-state index in [4.69, 9.17) is 4.74 Å². The number of rotatable bonds is 3. The molecular formula is C10H12O2. The van der Waals surface area contributed by atoms with Crippen molar-refractivity contribution in [3.63, 3.8) is 0 Å². The molecule has 0 bridgehead atoms. The summed E-state index contributed by atoms with van der Waals surface area (Å²) in [5.74, 6) is 0. The number of aldehydes is 1. The second-order valence-electron chi connectivity index (χ2n) is 2.65. The minimum absolute atomic E-state index is 0.425. The van der Waals surface area contributed by atoms with Gasteiger partial charge < -0.3 is 9.53 Å². The minimum Gasteiger partial charge on any atom is -0.369 e. The third kappa shape index (κ3) is 1.71. The Morgan fingerprint density at radius 1 is 1.42 bits per heavy atom. The number of aryl methyl sites for hydroxylation is 1. The standard InChI is InChI=1S/C10H12O2/c1-8-5-3-4-6-9(8)10(7-11)12-2/h3-7,10H,1-2H3. The van der Waals surface area contributed by atoms with Gasteiger partial charge in [-0.25, -0.2) is 0 Å². The molecule has 64 valence electrons. The van der Waals surface area contributed by atoms with E-state index in [0.717, 1.165) is 17.4 Å². The first-order valence-electron chi connectivity index (χ1n) is 3.83. The summed E-state index contributed by atoms with van der Waals surface area (Å²) in [5.41, 5.74) is 2.02. The number of methoxy groups -OCH3 is 1. The number of carbonyl (C=O) groups excluding carboxylic acids is 1. The quantitative estimate of drug-likeness (QED) is 0.637. The van der Waals surface area contributed by atoms with Gasteiger partial charge in [0, 0.05) is 7.11 Å². The maximum atomic E-state index is 10.6. The Bertz CT molecular complexity index is 268. The molecule has 0 spiro atoms. The van der Waals surface area contributed by atoms with Gasteiger partial charge in [0.25, 0.3) is 0 Å². The summed E-state index contributed by atoms with van der Waals surface area (Å²) in [6, 6.07) is 7.71. The molecule has 2 nitrogen and oxygen atoms in total. The van der Waals surface area contributed by atoms with Crippen LogP contribution in [-0.2, 0) is 9.53 Å². The molecule has 1 aromatic carbocycles. The van der Waals surface area contributed by atoms with Gasteiger partial charge in [-0.15, -0.1) is 0 Å². The second kappa shape index (κ2) is 4.02. The number of hydrogen-bond acceptors (Lipinski definition) is 2. The Balaban J connectivity index is 3.00. The predicted molar refractivity (Wildman–Crippen MR) is 47.0 cm³/mol. The van der Waals surface area contributed by atoms with Gasteiger partial charge in [-0.2, -0.15) is 0 Å². The highest BCUT2D eigenvalue weighted by Gasteiger charge is 2.09. The van der Waals surface area contributed by atoms with E-state index in [0.29, 0.717) is 0 Å². The lowest BCUT2D eigenvalue weighted by Gasteiger charge is -2.10. The molecule has 0 N–H and O–H groups in total. The molecule has 2 heteroatoms. The van der Waals surface area contributed by atoms with Crippen LogP contribution in [0.1, 0.15) is 17.2 Å². The van der Waals surface area contributed by atoms with Crippen molar-refractivity contribution >= 4 is 6.29 Å². The van der Waals surface area contributed by atoms with Gasteiger partial charge in [0.1, 0.15) is 6.10 Å². The molecule has 0 aliphatic carbocycles. The summed E-state index contributed by atoms with van der Waals surface area (Å²) in [5, 5.41) is 0. The van der Waals surface area contributed by atoms with Gasteiger partial charge in [-0.3, -0.25) is 0 Å². The van der Waals surface area contributed by atoms with Crippen molar-refractivity contribution in [2.45, 2.75) is 13.0 Å². The molecule has 0 fully saturated rings. The van der Waals surface area contributed by atoms with Crippen molar-refractivity contribution in [3.05, 3.63) is 35.4 Å². The summed E-state index contributed by atoms with van der Waals surface area (Å²) < 4.78 is 5.00. The van der Waals surface area contributed by atoms with Crippen molar-refractivity contribution in [3.8, 4) is 0 Å². The summed E-state index contributed by atoms with van der Waals surface area (Å²) in [6.45, 7) is 1.96. The fourth-order valence-electron chi connectivity index (χ4n) is 1.16. The zero-order valence-electron chi connectivity index (χ0n) is 7.28. The van der Waals surface area contributed by atoms with E-state index in [-0.39, 0.29) is 0 Å². The highest BCUT2D eigenvalue weighted by Crippen LogP contribution is 2.17. The van der Waals surface area contributed by atoms with Crippen molar-refractivity contribution in [2.75, 3.05) is 7.11 Å². The van der Waals surface area contributed by atoms with Crippen molar-refractivity contribution < 1.29 is 9.53 Å². The van der Waals surface area contributed by atoms with Gasteiger partial charge in [-0.1, -0.05) is 24.3 Å². The topological polar surface area (TPSA) is 26.3 Å². The molecule has 1 atom stereocenters. The van der Waals surface area contributed by atoms with E-state index < -0.39 is 6.10 Å². The second-order valence-corrected chi connectivity index (χ2v) is 2.65. The van der Waals surface area contributed by atoms with E-state index in [1.165, 1.54) is 7.11 Å². The highest BCUT2D eigenvalue weighted by molar-refractivity contribution is 5.60. The number of benzene rings is 1. The van der Waals surface area contributed by atoms with Crippen LogP contribution in [0.3, 0.4) is 0 Å². The summed E-state index contributed by atoms with van der Waals surface area (Å²) in [6.07, 6.45) is 0.383. The first-order valence-corrected chi connectivity index (χ1v) is 3.83. The molecule has 0 saturated heterocycles. The number of hydrogen-bond donors (Lipinski definition) is 0. The molecule has 1 aromatic rings. The zero-order valence-corrected chi connectivity index (χ0v) is 7.28. The van der Waals surface area contributed by atoms with Gasteiger partial charge in [0.2, 0.25) is 0 Å². The molecule has 12 heavy (non-hydrogen) atoms. The average molecular weight is 164 g/mol. The Kier molecular flexibility index (Phi) is 3.00. The van der Waals surface area contributed by atoms with Crippen molar-refractivity contribution in [1.29, 1.82) is 0 Å². The largest absolute Gasteiger partial charge is 0.369 e. The first kappa shape index (κ1) is 8.94. The van der Waals surface area contributed by atoms with Crippen molar-refractivity contribution in [1.82, 2.24) is 0 Å². The summed E-state index contributed by atoms with van der Waals surface area (Å²) in [7, 11) is 1.53. The van der Waals surface area contributed by atoms with Gasteiger partial charge in [0.15, 0.2) is 6.29 Å². The van der Waals surface area contributed by atoms with Gasteiger partial charge >= 0.3 is 0 Å². The molecule has 0 aliphatic rings. The monoisotopic (exact) mass is 164 g/mol. The predicted octanol–water partition coefficient (Wildman–Crippen LogP) is 1.88. The van der Waals surface area contributed by atoms with Crippen LogP contribution in [0.2, 0.25) is 0 Å². The summed E-state index contributed by atoms with van der Waals surface area (Å²) in [4.78, 5) is 10.6. The van der Waals surface area contributed by atoms with E-state index in [2.05, 4.69) is 0 Å². The molecule has 0 heterocycles. The maximum absolute atomic E-state index is 10.6. The Labute approximate surface area is 72.2 Å². The first-order chi connectivity index (χ1) is 5.79. The molecule has 0 radical (unpaired) electrons. The molecule has 0 aromatic heterocycles. The van der Waals surface area contributed by atoms with Crippen LogP contribution in [0.25, 0.3) is 0 Å². The van der Waals surface area contributed by atoms with Crippen LogP contribution in [0, 0.1) is 6.92 Å². The lowest BCUT2D eigenvalue weighted by Crippen LogP contribution is -2.04. The van der Waals surface area contributed by atoms with Crippen LogP contribution in [0.15, 0.2) is 24.3 Å². The van der Waals surface area contributed by atoms with E-state index in [1.54, 1.807) is 0 Å². The van der Waals surface area contributed by atoms with Crippen LogP contribution < -0.4 is 0 Å². The third-order valence-electron chi connectivity index (χ3n) is 1.87. The number of carbonyl (C=O) groups is 1. The normalized spacial score (nSPS) is 12.5. The third-order valence-corrected chi connectivity index (χ3v) is 1.87. The minimum atomic E-state index is -0.425. The fourth-order valence-corrected chi connectivity index (χ4v) is 1.16. The summed E-state index contributed by atoms with van der Waals surface area (Å²) >= 11 is 0. The van der Waals surface area contributed by atoms with Crippen LogP contribution in [0.5, 0.6) is 0 Å². The molecule has 0 aliphatic heterocycles. The van der Waals surface area contributed by atoms with E-state index in [9.17, 15) is 4.79 Å². The van der Waals surface area contributed by atoms with Crippen LogP contribution >= 0.6 is 0 Å². The lowest BCUT2D eigenvalue weighted by atomic mass is 10.0. The lowest BCUT2D eigenvalue weighted by molar-refractivity contribution is -0.116. The SMILES string of the molecule is COC(C=O)c1ccccc1C. The fraction of sp³-hybridized carbons (Fsp3) is 0.300. The molecule has 1 rings (SSSR count). The van der Waals surface area contributed by atoms with E-state index >= 15 is 0 Å². The Hall–Kier alpha value is -1.15. The maximum Gasteiger partial charge on any atom is 0.153 e. The molecular weight excluding hydrogens is 152 g/mol. The van der Waals surface area contributed by atoms with Gasteiger partial charge in [-0.05, 0) is 18.1 Å². The smallest absolute Gasteiger partial charge is 0.153 e. The van der Waals surface area contributed by atoms with Crippen molar-refractivity contribution in [2.24, 2.45) is 0 Å². The number of ether oxygens (including phenoxy) is 1. The Morgan fingerprint density at radius 2 is 2.08 bits per heavy atom. The van der Waals surface area contributed by atoms with Crippen LogP contribution in [-0.4, -0.2) is 13.4 Å². The molecule has 0 saturated carbocycles. The molecule has 1 unspecified atom stereocenters. The van der Waals surface area contributed by atoms with Gasteiger partial charge in [0.05, 0.1) is 0 Å². The highest BCUT2D eigenvalue weighted by atomic mass is 16.5. The Morgan fingerprint density at radius 3 is 2.58 bits per heavy atom. The molecule has 0 amide bonds. The average Bonchev–Trinajstić information content (AvgIpc) is 2.10. The van der Waals surface area contributed by atoms with Crippen LogP contribution in [0.4, 0.5) is 0 Å². The zero-order chi connectivity index (χ0) is 8.97. The van der Waals surface area contributed by atoms with E-state index in [1.807, 2.05) is 31.2 Å².